The van der Waals surface area contributed by atoms with E-state index in [4.69, 9.17) is 10.5 Å². The Morgan fingerprint density at radius 1 is 1.41 bits per heavy atom. The van der Waals surface area contributed by atoms with Crippen LogP contribution in [0, 0.1) is 0 Å². The Morgan fingerprint density at radius 2 is 2.29 bits per heavy atom. The topological polar surface area (TPSA) is 48.1 Å². The highest BCUT2D eigenvalue weighted by atomic mass is 19.1. The molecule has 0 fully saturated rings. The summed E-state index contributed by atoms with van der Waals surface area (Å²) < 4.78 is 17.7. The standard InChI is InChI=1S/C13H13FN2O/c14-7-10(8-15)9-17-12-3-4-13-11(6-12)2-1-5-16-13/h1-7H,8-9,15H2/b10-7+. The van der Waals surface area contributed by atoms with Gasteiger partial charge < -0.3 is 10.5 Å². The number of ether oxygens (including phenoxy) is 1. The molecule has 0 unspecified atom stereocenters. The summed E-state index contributed by atoms with van der Waals surface area (Å²) in [6.45, 7) is 0.324. The van der Waals surface area contributed by atoms with Crippen molar-refractivity contribution >= 4 is 10.9 Å². The zero-order valence-corrected chi connectivity index (χ0v) is 9.27. The van der Waals surface area contributed by atoms with Crippen LogP contribution in [0.2, 0.25) is 0 Å². The molecule has 0 saturated heterocycles. The predicted octanol–water partition coefficient (Wildman–Crippen LogP) is 2.43. The molecule has 0 aliphatic rings. The first-order valence-electron chi connectivity index (χ1n) is 5.29. The molecule has 0 aliphatic heterocycles. The number of halogens is 1. The van der Waals surface area contributed by atoms with E-state index in [2.05, 4.69) is 4.98 Å². The van der Waals surface area contributed by atoms with Gasteiger partial charge in [-0.2, -0.15) is 0 Å². The molecule has 1 aromatic heterocycles. The molecule has 0 radical (unpaired) electrons. The number of hydrogen-bond acceptors (Lipinski definition) is 3. The zero-order valence-electron chi connectivity index (χ0n) is 9.27. The smallest absolute Gasteiger partial charge is 0.120 e. The van der Waals surface area contributed by atoms with E-state index < -0.39 is 0 Å². The second-order valence-electron chi connectivity index (χ2n) is 3.62. The first kappa shape index (κ1) is 11.5. The molecule has 0 amide bonds. The normalized spacial score (nSPS) is 11.8. The Bertz CT molecular complexity index is 540. The predicted molar refractivity (Wildman–Crippen MR) is 65.5 cm³/mol. The van der Waals surface area contributed by atoms with Gasteiger partial charge in [-0.25, -0.2) is 4.39 Å². The summed E-state index contributed by atoms with van der Waals surface area (Å²) in [6.07, 6.45) is 2.23. The second-order valence-corrected chi connectivity index (χ2v) is 3.62. The van der Waals surface area contributed by atoms with Crippen molar-refractivity contribution in [2.75, 3.05) is 13.2 Å². The van der Waals surface area contributed by atoms with Gasteiger partial charge in [-0.3, -0.25) is 4.98 Å². The summed E-state index contributed by atoms with van der Waals surface area (Å²) in [5, 5.41) is 0.989. The summed E-state index contributed by atoms with van der Waals surface area (Å²) in [4.78, 5) is 4.20. The maximum Gasteiger partial charge on any atom is 0.120 e. The van der Waals surface area contributed by atoms with Crippen LogP contribution in [0.25, 0.3) is 10.9 Å². The van der Waals surface area contributed by atoms with E-state index in [1.54, 1.807) is 6.20 Å². The lowest BCUT2D eigenvalue weighted by molar-refractivity contribution is 0.348. The molecule has 0 spiro atoms. The maximum absolute atomic E-state index is 12.3. The van der Waals surface area contributed by atoms with Gasteiger partial charge >= 0.3 is 0 Å². The Kier molecular flexibility index (Phi) is 3.67. The van der Waals surface area contributed by atoms with Gasteiger partial charge in [0.15, 0.2) is 0 Å². The van der Waals surface area contributed by atoms with Crippen LogP contribution in [0.15, 0.2) is 48.4 Å². The first-order valence-corrected chi connectivity index (χ1v) is 5.29. The quantitative estimate of drug-likeness (QED) is 0.880. The molecular formula is C13H13FN2O. The number of rotatable bonds is 4. The molecule has 2 rings (SSSR count). The van der Waals surface area contributed by atoms with E-state index in [0.29, 0.717) is 17.7 Å². The van der Waals surface area contributed by atoms with Crippen molar-refractivity contribution in [2.45, 2.75) is 0 Å². The number of nitrogens with two attached hydrogens (primary N) is 1. The minimum absolute atomic E-state index is 0.158. The van der Waals surface area contributed by atoms with Crippen LogP contribution in [-0.2, 0) is 0 Å². The molecule has 2 aromatic rings. The molecule has 88 valence electrons. The van der Waals surface area contributed by atoms with Gasteiger partial charge in [0.1, 0.15) is 12.4 Å². The van der Waals surface area contributed by atoms with Gasteiger partial charge in [-0.05, 0) is 24.3 Å². The fourth-order valence-corrected chi connectivity index (χ4v) is 1.45. The average molecular weight is 232 g/mol. The van der Waals surface area contributed by atoms with Crippen molar-refractivity contribution in [2.24, 2.45) is 5.73 Å². The van der Waals surface area contributed by atoms with Gasteiger partial charge in [-0.15, -0.1) is 0 Å². The van der Waals surface area contributed by atoms with Gasteiger partial charge in [-0.1, -0.05) is 6.07 Å². The van der Waals surface area contributed by atoms with Crippen LogP contribution in [0.1, 0.15) is 0 Å². The summed E-state index contributed by atoms with van der Waals surface area (Å²) in [7, 11) is 0. The molecule has 0 bridgehead atoms. The Hall–Kier alpha value is -1.94. The Morgan fingerprint density at radius 3 is 3.06 bits per heavy atom. The second kappa shape index (κ2) is 5.41. The SMILES string of the molecule is NC/C(=C\F)COc1ccc2ncccc2c1. The van der Waals surface area contributed by atoms with Crippen molar-refractivity contribution in [3.05, 3.63) is 48.4 Å². The van der Waals surface area contributed by atoms with Gasteiger partial charge in [0.05, 0.1) is 11.8 Å². The molecular weight excluding hydrogens is 219 g/mol. The van der Waals surface area contributed by atoms with Gasteiger partial charge in [0.2, 0.25) is 0 Å². The van der Waals surface area contributed by atoms with Crippen LogP contribution in [0.5, 0.6) is 5.75 Å². The molecule has 0 saturated carbocycles. The van der Waals surface area contributed by atoms with E-state index in [0.717, 1.165) is 10.9 Å². The molecule has 2 N–H and O–H groups in total. The van der Waals surface area contributed by atoms with Crippen LogP contribution in [0.3, 0.4) is 0 Å². The number of nitrogens with zero attached hydrogens (tertiary/aromatic N) is 1. The Labute approximate surface area is 98.7 Å². The number of hydrogen-bond donors (Lipinski definition) is 1. The van der Waals surface area contributed by atoms with Gasteiger partial charge in [0.25, 0.3) is 0 Å². The van der Waals surface area contributed by atoms with E-state index in [-0.39, 0.29) is 13.2 Å². The van der Waals surface area contributed by atoms with E-state index in [1.807, 2.05) is 30.3 Å². The van der Waals surface area contributed by atoms with E-state index in [9.17, 15) is 4.39 Å². The molecule has 0 aliphatic carbocycles. The van der Waals surface area contributed by atoms with Gasteiger partial charge in [0, 0.05) is 23.7 Å². The monoisotopic (exact) mass is 232 g/mol. The van der Waals surface area contributed by atoms with Crippen LogP contribution >= 0.6 is 0 Å². The molecule has 17 heavy (non-hydrogen) atoms. The van der Waals surface area contributed by atoms with Crippen molar-refractivity contribution in [1.82, 2.24) is 4.98 Å². The Balaban J connectivity index is 2.14. The minimum atomic E-state index is 0.158. The van der Waals surface area contributed by atoms with Crippen molar-refractivity contribution < 1.29 is 9.13 Å². The fraction of sp³-hybridized carbons (Fsp3) is 0.154. The highest BCUT2D eigenvalue weighted by Crippen LogP contribution is 2.19. The fourth-order valence-electron chi connectivity index (χ4n) is 1.45. The number of aromatic nitrogens is 1. The van der Waals surface area contributed by atoms with E-state index >= 15 is 0 Å². The van der Waals surface area contributed by atoms with Crippen molar-refractivity contribution in [3.63, 3.8) is 0 Å². The lowest BCUT2D eigenvalue weighted by Gasteiger charge is -2.07. The lowest BCUT2D eigenvalue weighted by Crippen LogP contribution is -2.10. The molecule has 0 atom stereocenters. The summed E-state index contributed by atoms with van der Waals surface area (Å²) in [6, 6.07) is 9.35. The first-order chi connectivity index (χ1) is 8.33. The molecule has 1 aromatic carbocycles. The number of fused-ring (bicyclic) bond motifs is 1. The summed E-state index contributed by atoms with van der Waals surface area (Å²) in [5.74, 6) is 0.679. The highest BCUT2D eigenvalue weighted by Gasteiger charge is 2.00. The van der Waals surface area contributed by atoms with E-state index in [1.165, 1.54) is 0 Å². The third kappa shape index (κ3) is 2.79. The highest BCUT2D eigenvalue weighted by molar-refractivity contribution is 5.79. The largest absolute Gasteiger partial charge is 0.489 e. The molecule has 1 heterocycles. The zero-order chi connectivity index (χ0) is 12.1. The minimum Gasteiger partial charge on any atom is -0.489 e. The molecule has 3 nitrogen and oxygen atoms in total. The lowest BCUT2D eigenvalue weighted by atomic mass is 10.2. The van der Waals surface area contributed by atoms with Crippen molar-refractivity contribution in [3.8, 4) is 5.75 Å². The third-order valence-electron chi connectivity index (χ3n) is 2.42. The van der Waals surface area contributed by atoms with Crippen LogP contribution < -0.4 is 10.5 Å². The summed E-state index contributed by atoms with van der Waals surface area (Å²) >= 11 is 0. The summed E-state index contributed by atoms with van der Waals surface area (Å²) in [5.41, 5.74) is 6.67. The average Bonchev–Trinajstić information content (AvgIpc) is 2.40. The number of benzene rings is 1. The molecule has 4 heteroatoms. The third-order valence-corrected chi connectivity index (χ3v) is 2.42. The maximum atomic E-state index is 12.3. The van der Waals surface area contributed by atoms with Crippen LogP contribution in [-0.4, -0.2) is 18.1 Å². The number of pyridine rings is 1. The van der Waals surface area contributed by atoms with Crippen LogP contribution in [0.4, 0.5) is 4.39 Å². The van der Waals surface area contributed by atoms with Crippen molar-refractivity contribution in [1.29, 1.82) is 0 Å².